The summed E-state index contributed by atoms with van der Waals surface area (Å²) >= 11 is 11.7. The molecule has 0 unspecified atom stereocenters. The van der Waals surface area contributed by atoms with Crippen molar-refractivity contribution in [2.45, 2.75) is 0 Å². The van der Waals surface area contributed by atoms with Crippen molar-refractivity contribution in [2.24, 2.45) is 0 Å². The van der Waals surface area contributed by atoms with Crippen LogP contribution in [0, 0.1) is 0 Å². The number of pyridine rings is 1. The highest BCUT2D eigenvalue weighted by atomic mass is 35.5. The van der Waals surface area contributed by atoms with Gasteiger partial charge in [-0.15, -0.1) is 0 Å². The molecule has 21 heavy (non-hydrogen) atoms. The van der Waals surface area contributed by atoms with Gasteiger partial charge in [0.1, 0.15) is 19.0 Å². The Morgan fingerprint density at radius 1 is 1.14 bits per heavy atom. The topological polar surface area (TPSA) is 68.7 Å². The number of benzene rings is 1. The first-order valence-corrected chi connectivity index (χ1v) is 6.72. The molecule has 0 amide bonds. The molecule has 1 aromatic carbocycles. The van der Waals surface area contributed by atoms with Crippen LogP contribution in [-0.4, -0.2) is 29.3 Å². The SMILES string of the molecule is O=C(O)c1ncccc1OCCOc1ccc(Cl)cc1Cl. The number of carboxylic acid groups (broad SMARTS) is 1. The van der Waals surface area contributed by atoms with Gasteiger partial charge in [0.05, 0.1) is 5.02 Å². The van der Waals surface area contributed by atoms with Gasteiger partial charge in [0.25, 0.3) is 0 Å². The van der Waals surface area contributed by atoms with Crippen LogP contribution in [0.25, 0.3) is 0 Å². The molecular formula is C14H11Cl2NO4. The molecular weight excluding hydrogens is 317 g/mol. The van der Waals surface area contributed by atoms with E-state index in [9.17, 15) is 4.79 Å². The number of halogens is 2. The summed E-state index contributed by atoms with van der Waals surface area (Å²) in [6.45, 7) is 0.361. The number of hydrogen-bond donors (Lipinski definition) is 1. The van der Waals surface area contributed by atoms with Gasteiger partial charge in [-0.2, -0.15) is 0 Å². The Balaban J connectivity index is 1.89. The molecule has 0 spiro atoms. The molecule has 0 atom stereocenters. The lowest BCUT2D eigenvalue weighted by Crippen LogP contribution is -2.12. The Morgan fingerprint density at radius 2 is 1.86 bits per heavy atom. The van der Waals surface area contributed by atoms with E-state index in [0.29, 0.717) is 15.8 Å². The second-order valence-corrected chi connectivity index (χ2v) is 4.77. The fraction of sp³-hybridized carbons (Fsp3) is 0.143. The molecule has 0 saturated carbocycles. The van der Waals surface area contributed by atoms with Crippen molar-refractivity contribution in [3.8, 4) is 11.5 Å². The molecule has 5 nitrogen and oxygen atoms in total. The fourth-order valence-corrected chi connectivity index (χ4v) is 2.03. The highest BCUT2D eigenvalue weighted by Crippen LogP contribution is 2.27. The lowest BCUT2D eigenvalue weighted by atomic mass is 10.3. The van der Waals surface area contributed by atoms with E-state index < -0.39 is 5.97 Å². The molecule has 1 N–H and O–H groups in total. The summed E-state index contributed by atoms with van der Waals surface area (Å²) in [5, 5.41) is 9.88. The highest BCUT2D eigenvalue weighted by molar-refractivity contribution is 6.35. The maximum atomic E-state index is 10.9. The van der Waals surface area contributed by atoms with Gasteiger partial charge in [-0.3, -0.25) is 0 Å². The molecule has 7 heteroatoms. The molecule has 0 aliphatic carbocycles. The number of aromatic carboxylic acids is 1. The zero-order chi connectivity index (χ0) is 15.2. The second kappa shape index (κ2) is 7.15. The maximum absolute atomic E-state index is 10.9. The van der Waals surface area contributed by atoms with Gasteiger partial charge in [-0.1, -0.05) is 23.2 Å². The smallest absolute Gasteiger partial charge is 0.358 e. The van der Waals surface area contributed by atoms with Crippen molar-refractivity contribution in [1.82, 2.24) is 4.98 Å². The third kappa shape index (κ3) is 4.24. The van der Waals surface area contributed by atoms with E-state index in [1.807, 2.05) is 0 Å². The lowest BCUT2D eigenvalue weighted by Gasteiger charge is -2.10. The van der Waals surface area contributed by atoms with Crippen LogP contribution >= 0.6 is 23.2 Å². The first kappa shape index (κ1) is 15.4. The first-order valence-electron chi connectivity index (χ1n) is 5.97. The van der Waals surface area contributed by atoms with Crippen molar-refractivity contribution < 1.29 is 19.4 Å². The van der Waals surface area contributed by atoms with E-state index in [-0.39, 0.29) is 24.7 Å². The second-order valence-electron chi connectivity index (χ2n) is 3.93. The molecule has 0 radical (unpaired) electrons. The molecule has 0 aliphatic rings. The first-order chi connectivity index (χ1) is 10.1. The normalized spacial score (nSPS) is 10.2. The van der Waals surface area contributed by atoms with Gasteiger partial charge in [-0.05, 0) is 30.3 Å². The molecule has 1 aromatic heterocycles. The molecule has 1 heterocycles. The van der Waals surface area contributed by atoms with E-state index in [0.717, 1.165) is 0 Å². The van der Waals surface area contributed by atoms with Crippen LogP contribution in [0.15, 0.2) is 36.5 Å². The van der Waals surface area contributed by atoms with E-state index in [1.54, 1.807) is 24.3 Å². The molecule has 2 rings (SSSR count). The lowest BCUT2D eigenvalue weighted by molar-refractivity contribution is 0.0684. The summed E-state index contributed by atoms with van der Waals surface area (Å²) in [4.78, 5) is 14.7. The number of rotatable bonds is 6. The van der Waals surface area contributed by atoms with Crippen LogP contribution in [0.5, 0.6) is 11.5 Å². The van der Waals surface area contributed by atoms with Crippen LogP contribution in [-0.2, 0) is 0 Å². The Hall–Kier alpha value is -1.98. The largest absolute Gasteiger partial charge is 0.488 e. The zero-order valence-corrected chi connectivity index (χ0v) is 12.3. The van der Waals surface area contributed by atoms with Crippen LogP contribution in [0.3, 0.4) is 0 Å². The summed E-state index contributed by atoms with van der Waals surface area (Å²) in [7, 11) is 0. The van der Waals surface area contributed by atoms with Gasteiger partial charge in [0.2, 0.25) is 0 Å². The predicted molar refractivity (Wildman–Crippen MR) is 78.6 cm³/mol. The van der Waals surface area contributed by atoms with Crippen molar-refractivity contribution in [1.29, 1.82) is 0 Å². The predicted octanol–water partition coefficient (Wildman–Crippen LogP) is 3.54. The third-order valence-corrected chi connectivity index (χ3v) is 3.00. The molecule has 0 saturated heterocycles. The number of hydrogen-bond acceptors (Lipinski definition) is 4. The van der Waals surface area contributed by atoms with Crippen LogP contribution in [0.1, 0.15) is 10.5 Å². The Bertz CT molecular complexity index is 649. The summed E-state index contributed by atoms with van der Waals surface area (Å²) in [6.07, 6.45) is 1.39. The van der Waals surface area contributed by atoms with Crippen LogP contribution in [0.4, 0.5) is 0 Å². The Morgan fingerprint density at radius 3 is 2.52 bits per heavy atom. The monoisotopic (exact) mass is 327 g/mol. The van der Waals surface area contributed by atoms with Gasteiger partial charge in [-0.25, -0.2) is 9.78 Å². The minimum absolute atomic E-state index is 0.137. The summed E-state index contributed by atoms with van der Waals surface area (Å²) in [6, 6.07) is 8.01. The highest BCUT2D eigenvalue weighted by Gasteiger charge is 2.12. The third-order valence-electron chi connectivity index (χ3n) is 2.47. The standard InChI is InChI=1S/C14H11Cl2NO4/c15-9-3-4-11(10(16)8-9)20-6-7-21-12-2-1-5-17-13(12)14(18)19/h1-5,8H,6-7H2,(H,18,19). The van der Waals surface area contributed by atoms with Gasteiger partial charge in [0, 0.05) is 11.2 Å². The quantitative estimate of drug-likeness (QED) is 0.822. The van der Waals surface area contributed by atoms with Crippen molar-refractivity contribution >= 4 is 29.2 Å². The fourth-order valence-electron chi connectivity index (χ4n) is 1.56. The Labute approximate surface area is 131 Å². The summed E-state index contributed by atoms with van der Waals surface area (Å²) in [5.74, 6) is -0.475. The summed E-state index contributed by atoms with van der Waals surface area (Å²) < 4.78 is 10.8. The maximum Gasteiger partial charge on any atom is 0.358 e. The molecule has 110 valence electrons. The van der Waals surface area contributed by atoms with Crippen LogP contribution < -0.4 is 9.47 Å². The average molecular weight is 328 g/mol. The van der Waals surface area contributed by atoms with E-state index in [1.165, 1.54) is 12.3 Å². The van der Waals surface area contributed by atoms with Crippen molar-refractivity contribution in [3.05, 3.63) is 52.3 Å². The minimum Gasteiger partial charge on any atom is -0.488 e. The van der Waals surface area contributed by atoms with Gasteiger partial charge >= 0.3 is 5.97 Å². The van der Waals surface area contributed by atoms with E-state index >= 15 is 0 Å². The number of nitrogens with zero attached hydrogens (tertiary/aromatic N) is 1. The van der Waals surface area contributed by atoms with Gasteiger partial charge < -0.3 is 14.6 Å². The zero-order valence-electron chi connectivity index (χ0n) is 10.8. The molecule has 0 fully saturated rings. The number of carbonyl (C=O) groups is 1. The molecule has 0 aliphatic heterocycles. The van der Waals surface area contributed by atoms with Gasteiger partial charge in [0.15, 0.2) is 11.4 Å². The Kier molecular flexibility index (Phi) is 5.25. The average Bonchev–Trinajstić information content (AvgIpc) is 2.45. The number of carboxylic acids is 1. The van der Waals surface area contributed by atoms with E-state index in [2.05, 4.69) is 4.98 Å². The van der Waals surface area contributed by atoms with E-state index in [4.69, 9.17) is 37.8 Å². The van der Waals surface area contributed by atoms with Crippen molar-refractivity contribution in [3.63, 3.8) is 0 Å². The number of ether oxygens (including phenoxy) is 2. The van der Waals surface area contributed by atoms with Crippen LogP contribution in [0.2, 0.25) is 10.0 Å². The molecule has 2 aromatic rings. The summed E-state index contributed by atoms with van der Waals surface area (Å²) in [5.41, 5.74) is -0.137. The van der Waals surface area contributed by atoms with Crippen molar-refractivity contribution in [2.75, 3.05) is 13.2 Å². The number of aromatic nitrogens is 1. The minimum atomic E-state index is -1.15. The molecule has 0 bridgehead atoms.